The van der Waals surface area contributed by atoms with E-state index in [0.717, 1.165) is 23.7 Å². The predicted molar refractivity (Wildman–Crippen MR) is 87.3 cm³/mol. The first kappa shape index (κ1) is 17.2. The zero-order valence-electron chi connectivity index (χ0n) is 12.9. The average Bonchev–Trinajstić information content (AvgIpc) is 2.82. The lowest BCUT2D eigenvalue weighted by molar-refractivity contribution is -0.116. The second-order valence-corrected chi connectivity index (χ2v) is 6.28. The molecule has 4 heteroatoms. The number of aryl methyl sites for hydroxylation is 1. The van der Waals surface area contributed by atoms with Gasteiger partial charge in [-0.3, -0.25) is 4.79 Å². The van der Waals surface area contributed by atoms with Crippen LogP contribution in [-0.2, 0) is 4.79 Å². The number of carbonyl (C=O) groups is 1. The largest absolute Gasteiger partial charge is 0.302 e. The maximum Gasteiger partial charge on any atom is 0.226 e. The molecule has 0 aliphatic rings. The highest BCUT2D eigenvalue weighted by Crippen LogP contribution is 2.15. The van der Waals surface area contributed by atoms with Crippen LogP contribution in [0.3, 0.4) is 0 Å². The van der Waals surface area contributed by atoms with Crippen molar-refractivity contribution in [1.29, 1.82) is 0 Å². The Morgan fingerprint density at radius 3 is 2.25 bits per heavy atom. The zero-order valence-corrected chi connectivity index (χ0v) is 13.7. The van der Waals surface area contributed by atoms with Crippen LogP contribution < -0.4 is 5.32 Å². The number of carbonyl (C=O) groups excluding carboxylic acids is 1. The summed E-state index contributed by atoms with van der Waals surface area (Å²) in [5.41, 5.74) is 0.966. The Morgan fingerprint density at radius 2 is 1.70 bits per heavy atom. The van der Waals surface area contributed by atoms with Crippen LogP contribution in [0.2, 0.25) is 0 Å². The summed E-state index contributed by atoms with van der Waals surface area (Å²) in [6, 6.07) is 0. The van der Waals surface area contributed by atoms with Crippen LogP contribution >= 0.6 is 11.3 Å². The molecule has 1 rings (SSSR count). The number of rotatable bonds is 11. The van der Waals surface area contributed by atoms with Crippen LogP contribution in [-0.4, -0.2) is 10.9 Å². The van der Waals surface area contributed by atoms with Crippen molar-refractivity contribution in [2.45, 2.75) is 78.1 Å². The van der Waals surface area contributed by atoms with Crippen molar-refractivity contribution in [2.75, 3.05) is 5.32 Å². The molecule has 0 unspecified atom stereocenters. The molecule has 0 saturated heterocycles. The normalized spacial score (nSPS) is 10.7. The summed E-state index contributed by atoms with van der Waals surface area (Å²) in [5.74, 6) is 0.0993. The molecule has 0 saturated carbocycles. The van der Waals surface area contributed by atoms with Gasteiger partial charge in [0.1, 0.15) is 0 Å². The minimum Gasteiger partial charge on any atom is -0.302 e. The van der Waals surface area contributed by atoms with Gasteiger partial charge in [-0.15, -0.1) is 11.3 Å². The number of hydrogen-bond acceptors (Lipinski definition) is 3. The van der Waals surface area contributed by atoms with E-state index < -0.39 is 0 Å². The molecule has 0 aromatic carbocycles. The molecule has 1 amide bonds. The molecule has 1 N–H and O–H groups in total. The molecule has 0 spiro atoms. The van der Waals surface area contributed by atoms with Crippen molar-refractivity contribution in [3.63, 3.8) is 0 Å². The third-order valence-corrected chi connectivity index (χ3v) is 4.25. The fourth-order valence-electron chi connectivity index (χ4n) is 2.19. The first-order chi connectivity index (χ1) is 9.72. The van der Waals surface area contributed by atoms with Crippen LogP contribution in [0.4, 0.5) is 5.13 Å². The van der Waals surface area contributed by atoms with E-state index in [1.54, 1.807) is 0 Å². The van der Waals surface area contributed by atoms with Crippen molar-refractivity contribution >= 4 is 22.4 Å². The van der Waals surface area contributed by atoms with Crippen molar-refractivity contribution in [2.24, 2.45) is 0 Å². The number of nitrogens with zero attached hydrogens (tertiary/aromatic N) is 1. The number of aromatic nitrogens is 1. The smallest absolute Gasteiger partial charge is 0.226 e. The van der Waals surface area contributed by atoms with E-state index in [0.29, 0.717) is 6.42 Å². The van der Waals surface area contributed by atoms with Gasteiger partial charge in [0.15, 0.2) is 5.13 Å². The number of anilines is 1. The Bertz CT molecular complexity index is 376. The summed E-state index contributed by atoms with van der Waals surface area (Å²) >= 11 is 1.49. The van der Waals surface area contributed by atoms with E-state index in [-0.39, 0.29) is 5.91 Å². The lowest BCUT2D eigenvalue weighted by Crippen LogP contribution is -2.10. The fourth-order valence-corrected chi connectivity index (χ4v) is 2.89. The van der Waals surface area contributed by atoms with E-state index in [1.807, 2.05) is 12.3 Å². The molecule has 0 aliphatic heterocycles. The van der Waals surface area contributed by atoms with Gasteiger partial charge in [-0.1, -0.05) is 58.3 Å². The minimum absolute atomic E-state index is 0.0993. The number of unbranched alkanes of at least 4 members (excludes halogenated alkanes) is 8. The third-order valence-electron chi connectivity index (χ3n) is 3.37. The van der Waals surface area contributed by atoms with Crippen LogP contribution in [0.25, 0.3) is 0 Å². The standard InChI is InChI=1S/C16H28N2OS/c1-3-4-5-6-7-8-9-10-11-12-15(19)18-16-17-14(2)13-20-16/h13H,3-12H2,1-2H3,(H,17,18,19). The summed E-state index contributed by atoms with van der Waals surface area (Å²) in [6.07, 6.45) is 12.1. The quantitative estimate of drug-likeness (QED) is 0.562. The molecule has 0 aliphatic carbocycles. The second-order valence-electron chi connectivity index (χ2n) is 5.42. The Hall–Kier alpha value is -0.900. The maximum atomic E-state index is 11.7. The van der Waals surface area contributed by atoms with Gasteiger partial charge in [0, 0.05) is 11.8 Å². The van der Waals surface area contributed by atoms with Gasteiger partial charge in [0.2, 0.25) is 5.91 Å². The third kappa shape index (κ3) is 8.31. The maximum absolute atomic E-state index is 11.7. The Labute approximate surface area is 127 Å². The average molecular weight is 296 g/mol. The van der Waals surface area contributed by atoms with Crippen molar-refractivity contribution in [3.05, 3.63) is 11.1 Å². The van der Waals surface area contributed by atoms with Gasteiger partial charge in [-0.25, -0.2) is 4.98 Å². The monoisotopic (exact) mass is 296 g/mol. The van der Waals surface area contributed by atoms with Crippen LogP contribution in [0.5, 0.6) is 0 Å². The van der Waals surface area contributed by atoms with E-state index in [4.69, 9.17) is 0 Å². The summed E-state index contributed by atoms with van der Waals surface area (Å²) in [4.78, 5) is 15.9. The lowest BCUT2D eigenvalue weighted by atomic mass is 10.1. The first-order valence-corrected chi connectivity index (χ1v) is 8.82. The molecule has 114 valence electrons. The van der Waals surface area contributed by atoms with Crippen molar-refractivity contribution in [1.82, 2.24) is 4.98 Å². The summed E-state index contributed by atoms with van der Waals surface area (Å²) < 4.78 is 0. The zero-order chi connectivity index (χ0) is 14.6. The number of amides is 1. The summed E-state index contributed by atoms with van der Waals surface area (Å²) in [6.45, 7) is 4.19. The molecular formula is C16H28N2OS. The molecule has 0 bridgehead atoms. The van der Waals surface area contributed by atoms with Gasteiger partial charge in [-0.2, -0.15) is 0 Å². The molecule has 0 radical (unpaired) electrons. The highest BCUT2D eigenvalue weighted by Gasteiger charge is 2.04. The highest BCUT2D eigenvalue weighted by atomic mass is 32.1. The van der Waals surface area contributed by atoms with Crippen LogP contribution in [0.1, 0.15) is 76.8 Å². The van der Waals surface area contributed by atoms with E-state index in [2.05, 4.69) is 17.2 Å². The molecule has 3 nitrogen and oxygen atoms in total. The predicted octanol–water partition coefficient (Wildman–Crippen LogP) is 5.31. The van der Waals surface area contributed by atoms with E-state index in [1.165, 1.54) is 56.3 Å². The molecule has 20 heavy (non-hydrogen) atoms. The van der Waals surface area contributed by atoms with Gasteiger partial charge in [-0.05, 0) is 13.3 Å². The summed E-state index contributed by atoms with van der Waals surface area (Å²) in [5, 5.41) is 5.53. The number of hydrogen-bond donors (Lipinski definition) is 1. The molecule has 1 heterocycles. The van der Waals surface area contributed by atoms with Gasteiger partial charge < -0.3 is 5.32 Å². The molecule has 1 aromatic heterocycles. The molecule has 1 aromatic rings. The molecule has 0 atom stereocenters. The first-order valence-electron chi connectivity index (χ1n) is 7.94. The molecular weight excluding hydrogens is 268 g/mol. The SMILES string of the molecule is CCCCCCCCCCCC(=O)Nc1nc(C)cs1. The Kier molecular flexibility index (Phi) is 9.29. The van der Waals surface area contributed by atoms with Crippen LogP contribution in [0.15, 0.2) is 5.38 Å². The fraction of sp³-hybridized carbons (Fsp3) is 0.750. The second kappa shape index (κ2) is 10.8. The summed E-state index contributed by atoms with van der Waals surface area (Å²) in [7, 11) is 0. The Morgan fingerprint density at radius 1 is 1.10 bits per heavy atom. The van der Waals surface area contributed by atoms with Crippen molar-refractivity contribution in [3.8, 4) is 0 Å². The minimum atomic E-state index is 0.0993. The Balaban J connectivity index is 1.92. The topological polar surface area (TPSA) is 42.0 Å². The highest BCUT2D eigenvalue weighted by molar-refractivity contribution is 7.13. The number of nitrogens with one attached hydrogen (secondary N) is 1. The van der Waals surface area contributed by atoms with E-state index in [9.17, 15) is 4.79 Å². The van der Waals surface area contributed by atoms with Crippen molar-refractivity contribution < 1.29 is 4.79 Å². The van der Waals surface area contributed by atoms with Crippen LogP contribution in [0, 0.1) is 6.92 Å². The lowest BCUT2D eigenvalue weighted by Gasteiger charge is -2.03. The van der Waals surface area contributed by atoms with E-state index >= 15 is 0 Å². The van der Waals surface area contributed by atoms with Gasteiger partial charge in [0.05, 0.1) is 5.69 Å². The van der Waals surface area contributed by atoms with Gasteiger partial charge >= 0.3 is 0 Å². The number of thiazole rings is 1. The van der Waals surface area contributed by atoms with Gasteiger partial charge in [0.25, 0.3) is 0 Å². The molecule has 0 fully saturated rings.